The predicted octanol–water partition coefficient (Wildman–Crippen LogP) is 9.01. The van der Waals surface area contributed by atoms with Gasteiger partial charge in [-0.15, -0.1) is 0 Å². The standard InChI is InChI=1S/C35H24N2O2/c38-26-18-19-31-30-14-7-8-17-32(30)37(33(31)22-26)34-23-27(20-21-36-34)39-35-28(24-10-3-1-4-11-24)15-9-16-29(35)25-12-5-2-6-13-25/h1-23,38H. The fourth-order valence-electron chi connectivity index (χ4n) is 5.25. The molecule has 186 valence electrons. The number of aromatic nitrogens is 2. The highest BCUT2D eigenvalue weighted by atomic mass is 16.5. The van der Waals surface area contributed by atoms with E-state index < -0.39 is 0 Å². The van der Waals surface area contributed by atoms with Gasteiger partial charge in [-0.3, -0.25) is 4.57 Å². The van der Waals surface area contributed by atoms with E-state index in [1.165, 1.54) is 0 Å². The van der Waals surface area contributed by atoms with Crippen LogP contribution < -0.4 is 4.74 Å². The summed E-state index contributed by atoms with van der Waals surface area (Å²) in [7, 11) is 0. The van der Waals surface area contributed by atoms with Crippen LogP contribution in [0.3, 0.4) is 0 Å². The average Bonchev–Trinajstić information content (AvgIpc) is 3.31. The number of hydrogen-bond acceptors (Lipinski definition) is 3. The van der Waals surface area contributed by atoms with Crippen LogP contribution in [0.4, 0.5) is 0 Å². The van der Waals surface area contributed by atoms with Crippen molar-refractivity contribution in [2.45, 2.75) is 0 Å². The number of hydrogen-bond donors (Lipinski definition) is 1. The van der Waals surface area contributed by atoms with Gasteiger partial charge >= 0.3 is 0 Å². The highest BCUT2D eigenvalue weighted by Gasteiger charge is 2.17. The molecule has 0 fully saturated rings. The Balaban J connectivity index is 1.40. The summed E-state index contributed by atoms with van der Waals surface area (Å²) in [5.41, 5.74) is 6.08. The van der Waals surface area contributed by atoms with Gasteiger partial charge in [0.25, 0.3) is 0 Å². The number of para-hydroxylation sites is 2. The number of phenolic OH excluding ortho intramolecular Hbond substituents is 1. The molecule has 0 amide bonds. The van der Waals surface area contributed by atoms with Gasteiger partial charge in [-0.1, -0.05) is 97.1 Å². The number of aromatic hydroxyl groups is 1. The van der Waals surface area contributed by atoms with Crippen LogP contribution in [0.15, 0.2) is 140 Å². The Morgan fingerprint density at radius 1 is 0.564 bits per heavy atom. The largest absolute Gasteiger partial charge is 0.508 e. The average molecular weight is 505 g/mol. The van der Waals surface area contributed by atoms with E-state index >= 15 is 0 Å². The highest BCUT2D eigenvalue weighted by Crippen LogP contribution is 2.42. The van der Waals surface area contributed by atoms with Crippen LogP contribution in [0.2, 0.25) is 0 Å². The smallest absolute Gasteiger partial charge is 0.143 e. The van der Waals surface area contributed by atoms with Crippen molar-refractivity contribution in [3.05, 3.63) is 140 Å². The molecule has 0 radical (unpaired) electrons. The van der Waals surface area contributed by atoms with E-state index in [0.29, 0.717) is 11.6 Å². The predicted molar refractivity (Wildman–Crippen MR) is 158 cm³/mol. The molecule has 0 atom stereocenters. The molecule has 7 rings (SSSR count). The second kappa shape index (κ2) is 9.51. The van der Waals surface area contributed by atoms with Gasteiger partial charge in [-0.05, 0) is 35.4 Å². The SMILES string of the molecule is Oc1ccc2c3ccccc3n(-c3cc(Oc4c(-c5ccccc5)cccc4-c4ccccc4)ccn3)c2c1. The minimum atomic E-state index is 0.211. The van der Waals surface area contributed by atoms with Crippen molar-refractivity contribution >= 4 is 21.8 Å². The summed E-state index contributed by atoms with van der Waals surface area (Å²) in [4.78, 5) is 4.72. The van der Waals surface area contributed by atoms with Crippen molar-refractivity contribution in [1.82, 2.24) is 9.55 Å². The summed E-state index contributed by atoms with van der Waals surface area (Å²) < 4.78 is 8.80. The third-order valence-corrected chi connectivity index (χ3v) is 7.01. The number of rotatable bonds is 5. The molecule has 0 aliphatic heterocycles. The molecule has 0 unspecified atom stereocenters. The summed E-state index contributed by atoms with van der Waals surface area (Å²) in [5, 5.41) is 12.4. The lowest BCUT2D eigenvalue weighted by molar-refractivity contribution is 0.476. The Morgan fingerprint density at radius 2 is 1.21 bits per heavy atom. The van der Waals surface area contributed by atoms with E-state index in [0.717, 1.165) is 49.8 Å². The number of nitrogens with zero attached hydrogens (tertiary/aromatic N) is 2. The van der Waals surface area contributed by atoms with E-state index in [9.17, 15) is 5.11 Å². The third kappa shape index (κ3) is 4.09. The Hall–Kier alpha value is -5.35. The molecule has 2 heterocycles. The van der Waals surface area contributed by atoms with Gasteiger partial charge < -0.3 is 9.84 Å². The lowest BCUT2D eigenvalue weighted by Crippen LogP contribution is -1.98. The minimum Gasteiger partial charge on any atom is -0.508 e. The van der Waals surface area contributed by atoms with Crippen molar-refractivity contribution in [3.63, 3.8) is 0 Å². The second-order valence-corrected chi connectivity index (χ2v) is 9.42. The summed E-state index contributed by atoms with van der Waals surface area (Å²) in [6, 6.07) is 44.3. The van der Waals surface area contributed by atoms with Crippen LogP contribution in [-0.2, 0) is 0 Å². The van der Waals surface area contributed by atoms with Gasteiger partial charge in [-0.25, -0.2) is 4.98 Å². The third-order valence-electron chi connectivity index (χ3n) is 7.01. The number of fused-ring (bicyclic) bond motifs is 3. The molecule has 0 saturated heterocycles. The number of ether oxygens (including phenoxy) is 1. The van der Waals surface area contributed by atoms with E-state index in [1.807, 2.05) is 66.7 Å². The quantitative estimate of drug-likeness (QED) is 0.254. The van der Waals surface area contributed by atoms with Crippen molar-refractivity contribution < 1.29 is 9.84 Å². The summed E-state index contributed by atoms with van der Waals surface area (Å²) in [5.74, 6) is 2.38. The van der Waals surface area contributed by atoms with Gasteiger partial charge in [0.2, 0.25) is 0 Å². The lowest BCUT2D eigenvalue weighted by Gasteiger charge is -2.17. The maximum absolute atomic E-state index is 10.3. The molecule has 39 heavy (non-hydrogen) atoms. The summed E-state index contributed by atoms with van der Waals surface area (Å²) in [6.45, 7) is 0. The van der Waals surface area contributed by atoms with Crippen LogP contribution in [-0.4, -0.2) is 14.7 Å². The van der Waals surface area contributed by atoms with Gasteiger partial charge in [0.05, 0.1) is 11.0 Å². The molecule has 0 spiro atoms. The van der Waals surface area contributed by atoms with Gasteiger partial charge in [0.1, 0.15) is 23.1 Å². The number of pyridine rings is 1. The molecule has 0 saturated carbocycles. The monoisotopic (exact) mass is 504 g/mol. The number of phenols is 1. The molecule has 0 aliphatic rings. The van der Waals surface area contributed by atoms with Gasteiger partial charge in [-0.2, -0.15) is 0 Å². The first-order valence-electron chi connectivity index (χ1n) is 12.9. The Morgan fingerprint density at radius 3 is 1.92 bits per heavy atom. The summed E-state index contributed by atoms with van der Waals surface area (Å²) >= 11 is 0. The molecule has 0 bridgehead atoms. The maximum atomic E-state index is 10.3. The molecule has 4 nitrogen and oxygen atoms in total. The zero-order valence-corrected chi connectivity index (χ0v) is 21.0. The van der Waals surface area contributed by atoms with Crippen molar-refractivity contribution in [2.24, 2.45) is 0 Å². The fourth-order valence-corrected chi connectivity index (χ4v) is 5.25. The van der Waals surface area contributed by atoms with Crippen molar-refractivity contribution in [3.8, 4) is 45.3 Å². The van der Waals surface area contributed by atoms with E-state index in [-0.39, 0.29) is 5.75 Å². The zero-order valence-electron chi connectivity index (χ0n) is 21.0. The van der Waals surface area contributed by atoms with Crippen molar-refractivity contribution in [2.75, 3.05) is 0 Å². The first-order valence-corrected chi connectivity index (χ1v) is 12.9. The molecule has 5 aromatic carbocycles. The van der Waals surface area contributed by atoms with Gasteiger partial charge in [0.15, 0.2) is 0 Å². The Labute approximate surface area is 226 Å². The van der Waals surface area contributed by atoms with Crippen LogP contribution in [0.1, 0.15) is 0 Å². The summed E-state index contributed by atoms with van der Waals surface area (Å²) in [6.07, 6.45) is 1.77. The molecular weight excluding hydrogens is 480 g/mol. The fraction of sp³-hybridized carbons (Fsp3) is 0. The Bertz CT molecular complexity index is 1890. The van der Waals surface area contributed by atoms with Crippen LogP contribution >= 0.6 is 0 Å². The number of benzene rings is 5. The lowest BCUT2D eigenvalue weighted by atomic mass is 9.97. The first kappa shape index (κ1) is 22.8. The molecule has 1 N–H and O–H groups in total. The molecule has 0 aliphatic carbocycles. The topological polar surface area (TPSA) is 47.3 Å². The minimum absolute atomic E-state index is 0.211. The first-order chi connectivity index (χ1) is 19.3. The van der Waals surface area contributed by atoms with Crippen LogP contribution in [0.5, 0.6) is 17.2 Å². The van der Waals surface area contributed by atoms with Crippen molar-refractivity contribution in [1.29, 1.82) is 0 Å². The van der Waals surface area contributed by atoms with Crippen LogP contribution in [0.25, 0.3) is 49.9 Å². The maximum Gasteiger partial charge on any atom is 0.143 e. The zero-order chi connectivity index (χ0) is 26.2. The van der Waals surface area contributed by atoms with E-state index in [2.05, 4.69) is 59.2 Å². The van der Waals surface area contributed by atoms with Gasteiger partial charge in [0, 0.05) is 40.2 Å². The molecular formula is C35H24N2O2. The molecule has 7 aromatic rings. The Kier molecular flexibility index (Phi) is 5.56. The van der Waals surface area contributed by atoms with Crippen LogP contribution in [0, 0.1) is 0 Å². The second-order valence-electron chi connectivity index (χ2n) is 9.42. The molecule has 2 aromatic heterocycles. The van der Waals surface area contributed by atoms with E-state index in [1.54, 1.807) is 18.3 Å². The highest BCUT2D eigenvalue weighted by molar-refractivity contribution is 6.09. The van der Waals surface area contributed by atoms with E-state index in [4.69, 9.17) is 9.72 Å². The molecule has 4 heteroatoms. The normalized spacial score (nSPS) is 11.2.